The Morgan fingerprint density at radius 2 is 2.04 bits per heavy atom. The number of nitro groups is 1. The molecule has 0 radical (unpaired) electrons. The van der Waals surface area contributed by atoms with E-state index in [4.69, 9.17) is 13.9 Å². The van der Waals surface area contributed by atoms with Crippen LogP contribution in [-0.4, -0.2) is 34.3 Å². The van der Waals surface area contributed by atoms with Crippen LogP contribution in [0.15, 0.2) is 28.7 Å². The highest BCUT2D eigenvalue weighted by atomic mass is 16.6. The van der Waals surface area contributed by atoms with Crippen LogP contribution >= 0.6 is 0 Å². The number of non-ortho nitro benzene ring substituents is 1. The van der Waals surface area contributed by atoms with Crippen molar-refractivity contribution < 1.29 is 23.6 Å². The Morgan fingerprint density at radius 1 is 1.35 bits per heavy atom. The van der Waals surface area contributed by atoms with Crippen molar-refractivity contribution in [1.82, 2.24) is 10.2 Å². The molecule has 0 saturated carbocycles. The lowest BCUT2D eigenvalue weighted by molar-refractivity contribution is -0.384. The first-order valence-electron chi connectivity index (χ1n) is 6.86. The zero-order valence-corrected chi connectivity index (χ0v) is 12.6. The van der Waals surface area contributed by atoms with Crippen molar-refractivity contribution in [2.45, 2.75) is 20.0 Å². The van der Waals surface area contributed by atoms with E-state index in [-0.39, 0.29) is 24.1 Å². The van der Waals surface area contributed by atoms with Gasteiger partial charge in [0.05, 0.1) is 4.92 Å². The van der Waals surface area contributed by atoms with Crippen molar-refractivity contribution in [1.29, 1.82) is 0 Å². The highest BCUT2D eigenvalue weighted by molar-refractivity contribution is 5.70. The van der Waals surface area contributed by atoms with Gasteiger partial charge in [0.1, 0.15) is 6.61 Å². The van der Waals surface area contributed by atoms with Gasteiger partial charge in [0.15, 0.2) is 6.10 Å². The molecule has 0 amide bonds. The summed E-state index contributed by atoms with van der Waals surface area (Å²) in [5.74, 6) is -0.222. The Hall–Kier alpha value is -2.81. The summed E-state index contributed by atoms with van der Waals surface area (Å²) in [7, 11) is 0. The Bertz CT molecular complexity index is 682. The summed E-state index contributed by atoms with van der Waals surface area (Å²) in [6, 6.07) is 5.68. The smallest absolute Gasteiger partial charge is 0.332 e. The number of hydrogen-bond acceptors (Lipinski definition) is 8. The van der Waals surface area contributed by atoms with Crippen molar-refractivity contribution in [3.8, 4) is 11.5 Å². The van der Waals surface area contributed by atoms with Gasteiger partial charge < -0.3 is 13.9 Å². The van der Waals surface area contributed by atoms with Crippen molar-refractivity contribution in [3.05, 3.63) is 40.3 Å². The van der Waals surface area contributed by atoms with E-state index in [2.05, 4.69) is 10.2 Å². The molecule has 0 aliphatic rings. The van der Waals surface area contributed by atoms with Gasteiger partial charge in [-0.15, -0.1) is 10.2 Å². The lowest BCUT2D eigenvalue weighted by Crippen LogP contribution is -2.15. The fourth-order valence-corrected chi connectivity index (χ4v) is 1.71. The molecule has 1 aromatic heterocycles. The van der Waals surface area contributed by atoms with Crippen LogP contribution in [0.5, 0.6) is 0 Å². The van der Waals surface area contributed by atoms with E-state index in [1.165, 1.54) is 24.3 Å². The molecule has 0 saturated heterocycles. The molecule has 0 bridgehead atoms. The van der Waals surface area contributed by atoms with Gasteiger partial charge in [0, 0.05) is 24.3 Å². The number of nitrogens with zero attached hydrogens (tertiary/aromatic N) is 3. The zero-order valence-electron chi connectivity index (χ0n) is 12.6. The molecule has 1 atom stereocenters. The van der Waals surface area contributed by atoms with Crippen molar-refractivity contribution in [2.24, 2.45) is 0 Å². The largest absolute Gasteiger partial charge is 0.451 e. The van der Waals surface area contributed by atoms with Gasteiger partial charge >= 0.3 is 5.97 Å². The Kier molecular flexibility index (Phi) is 5.36. The van der Waals surface area contributed by atoms with Gasteiger partial charge in [0.25, 0.3) is 11.6 Å². The number of nitro benzene ring substituents is 1. The van der Waals surface area contributed by atoms with Crippen LogP contribution in [0.2, 0.25) is 0 Å². The quantitative estimate of drug-likeness (QED) is 0.433. The minimum Gasteiger partial charge on any atom is -0.451 e. The SMILES string of the molecule is CCOCC(=O)OC(C)c1nnc(-c2ccc([N+](=O)[O-])cc2)o1. The molecule has 0 N–H and O–H groups in total. The number of carbonyl (C=O) groups is 1. The molecule has 2 rings (SSSR count). The van der Waals surface area contributed by atoms with Gasteiger partial charge in [-0.25, -0.2) is 4.79 Å². The zero-order chi connectivity index (χ0) is 16.8. The van der Waals surface area contributed by atoms with Gasteiger partial charge in [-0.3, -0.25) is 10.1 Å². The summed E-state index contributed by atoms with van der Waals surface area (Å²) in [6.07, 6.45) is -0.720. The highest BCUT2D eigenvalue weighted by Crippen LogP contribution is 2.24. The monoisotopic (exact) mass is 321 g/mol. The predicted octanol–water partition coefficient (Wildman–Crippen LogP) is 2.29. The van der Waals surface area contributed by atoms with Crippen LogP contribution < -0.4 is 0 Å². The van der Waals surface area contributed by atoms with Crippen LogP contribution in [0.3, 0.4) is 0 Å². The third kappa shape index (κ3) is 4.33. The van der Waals surface area contributed by atoms with E-state index >= 15 is 0 Å². The first-order valence-corrected chi connectivity index (χ1v) is 6.86. The number of hydrogen-bond donors (Lipinski definition) is 0. The molecule has 0 aliphatic heterocycles. The molecule has 9 heteroatoms. The van der Waals surface area contributed by atoms with E-state index in [0.29, 0.717) is 12.2 Å². The second-order valence-electron chi connectivity index (χ2n) is 4.52. The van der Waals surface area contributed by atoms with Crippen LogP contribution in [-0.2, 0) is 14.3 Å². The van der Waals surface area contributed by atoms with Crippen LogP contribution in [0, 0.1) is 10.1 Å². The van der Waals surface area contributed by atoms with E-state index in [9.17, 15) is 14.9 Å². The molecule has 1 unspecified atom stereocenters. The van der Waals surface area contributed by atoms with Gasteiger partial charge in [0.2, 0.25) is 5.89 Å². The van der Waals surface area contributed by atoms with E-state index in [1.807, 2.05) is 0 Å². The van der Waals surface area contributed by atoms with Crippen molar-refractivity contribution in [3.63, 3.8) is 0 Å². The van der Waals surface area contributed by atoms with Crippen LogP contribution in [0.1, 0.15) is 25.8 Å². The Labute approximate surface area is 131 Å². The van der Waals surface area contributed by atoms with Gasteiger partial charge in [-0.2, -0.15) is 0 Å². The number of esters is 1. The lowest BCUT2D eigenvalue weighted by Gasteiger charge is -2.08. The summed E-state index contributed by atoms with van der Waals surface area (Å²) < 4.78 is 15.5. The maximum absolute atomic E-state index is 11.5. The summed E-state index contributed by atoms with van der Waals surface area (Å²) in [4.78, 5) is 21.6. The lowest BCUT2D eigenvalue weighted by atomic mass is 10.2. The van der Waals surface area contributed by atoms with Crippen LogP contribution in [0.25, 0.3) is 11.5 Å². The number of aromatic nitrogens is 2. The fourth-order valence-electron chi connectivity index (χ4n) is 1.71. The average Bonchev–Trinajstić information content (AvgIpc) is 3.03. The fraction of sp³-hybridized carbons (Fsp3) is 0.357. The van der Waals surface area contributed by atoms with Gasteiger partial charge in [-0.05, 0) is 26.0 Å². The first kappa shape index (κ1) is 16.6. The molecular formula is C14H15N3O6. The topological polar surface area (TPSA) is 118 Å². The molecule has 9 nitrogen and oxygen atoms in total. The summed E-state index contributed by atoms with van der Waals surface area (Å²) in [5.41, 5.74) is 0.494. The van der Waals surface area contributed by atoms with E-state index in [1.54, 1.807) is 13.8 Å². The Morgan fingerprint density at radius 3 is 2.65 bits per heavy atom. The molecule has 0 spiro atoms. The predicted molar refractivity (Wildman–Crippen MR) is 77.4 cm³/mol. The number of carbonyl (C=O) groups excluding carboxylic acids is 1. The Balaban J connectivity index is 2.04. The molecule has 122 valence electrons. The molecule has 1 aromatic carbocycles. The molecule has 0 aliphatic carbocycles. The highest BCUT2D eigenvalue weighted by Gasteiger charge is 2.19. The maximum Gasteiger partial charge on any atom is 0.332 e. The first-order chi connectivity index (χ1) is 11.0. The summed E-state index contributed by atoms with van der Waals surface area (Å²) >= 11 is 0. The minimum absolute atomic E-state index is 0.0355. The second-order valence-corrected chi connectivity index (χ2v) is 4.52. The molecular weight excluding hydrogens is 306 g/mol. The number of benzene rings is 1. The third-order valence-electron chi connectivity index (χ3n) is 2.85. The minimum atomic E-state index is -0.720. The van der Waals surface area contributed by atoms with E-state index < -0.39 is 17.0 Å². The van der Waals surface area contributed by atoms with E-state index in [0.717, 1.165) is 0 Å². The maximum atomic E-state index is 11.5. The second kappa shape index (κ2) is 7.45. The molecule has 1 heterocycles. The third-order valence-corrected chi connectivity index (χ3v) is 2.85. The molecule has 0 fully saturated rings. The summed E-state index contributed by atoms with van der Waals surface area (Å²) in [5, 5.41) is 18.3. The molecule has 23 heavy (non-hydrogen) atoms. The number of rotatable bonds is 7. The van der Waals surface area contributed by atoms with Crippen LogP contribution in [0.4, 0.5) is 5.69 Å². The van der Waals surface area contributed by atoms with Gasteiger partial charge in [-0.1, -0.05) is 0 Å². The van der Waals surface area contributed by atoms with Crippen molar-refractivity contribution >= 4 is 11.7 Å². The normalized spacial score (nSPS) is 11.9. The number of ether oxygens (including phenoxy) is 2. The summed E-state index contributed by atoms with van der Waals surface area (Å²) in [6.45, 7) is 3.63. The molecule has 2 aromatic rings. The standard InChI is InChI=1S/C14H15N3O6/c1-3-21-8-12(18)22-9(2)13-15-16-14(23-13)10-4-6-11(7-5-10)17(19)20/h4-7,9H,3,8H2,1-2H3. The van der Waals surface area contributed by atoms with Crippen molar-refractivity contribution in [2.75, 3.05) is 13.2 Å². The average molecular weight is 321 g/mol.